The zero-order chi connectivity index (χ0) is 18.0. The van der Waals surface area contributed by atoms with Gasteiger partial charge < -0.3 is 4.74 Å². The largest absolute Gasteiger partial charge is 0.497 e. The maximum Gasteiger partial charge on any atom is 0.262 e. The van der Waals surface area contributed by atoms with Gasteiger partial charge in [-0.25, -0.2) is 0 Å². The molecule has 0 atom stereocenters. The van der Waals surface area contributed by atoms with Gasteiger partial charge >= 0.3 is 0 Å². The number of Topliss-reactive ketones (excluding diaryl/α,β-unsaturated/α-hetero) is 1. The lowest BCUT2D eigenvalue weighted by Gasteiger charge is -2.05. The van der Waals surface area contributed by atoms with Crippen molar-refractivity contribution in [2.75, 3.05) is 7.11 Å². The van der Waals surface area contributed by atoms with Crippen molar-refractivity contribution in [1.29, 1.82) is 0 Å². The van der Waals surface area contributed by atoms with Crippen molar-refractivity contribution in [3.05, 3.63) is 64.8 Å². The van der Waals surface area contributed by atoms with Crippen LogP contribution < -0.4 is 4.74 Å². The summed E-state index contributed by atoms with van der Waals surface area (Å²) in [5.74, 6) is 0.650. The van der Waals surface area contributed by atoms with Gasteiger partial charge in [0.2, 0.25) is 0 Å². The third kappa shape index (κ3) is 3.44. The zero-order valence-corrected chi connectivity index (χ0v) is 14.8. The number of ether oxygens (including phenoxy) is 1. The summed E-state index contributed by atoms with van der Waals surface area (Å²) < 4.78 is 6.86. The highest BCUT2D eigenvalue weighted by Gasteiger charge is 2.17. The van der Waals surface area contributed by atoms with Gasteiger partial charge in [0.1, 0.15) is 11.5 Å². The Morgan fingerprint density at radius 2 is 1.84 bits per heavy atom. The van der Waals surface area contributed by atoms with Gasteiger partial charge in [-0.1, -0.05) is 18.5 Å². The Morgan fingerprint density at radius 1 is 1.12 bits per heavy atom. The smallest absolute Gasteiger partial charge is 0.262 e. The molecule has 0 unspecified atom stereocenters. The number of rotatable bonds is 5. The fourth-order valence-corrected chi connectivity index (χ4v) is 2.91. The van der Waals surface area contributed by atoms with E-state index in [1.165, 1.54) is 0 Å². The van der Waals surface area contributed by atoms with Crippen molar-refractivity contribution in [3.63, 3.8) is 0 Å². The van der Waals surface area contributed by atoms with Gasteiger partial charge in [-0.3, -0.25) is 14.2 Å². The number of hydrogen-bond donors (Lipinski definition) is 0. The topological polar surface area (TPSA) is 48.3 Å². The summed E-state index contributed by atoms with van der Waals surface area (Å²) in [4.78, 5) is 24.8. The number of carbonyl (C=O) groups is 2. The van der Waals surface area contributed by atoms with E-state index in [1.807, 2.05) is 19.1 Å². The van der Waals surface area contributed by atoms with Crippen LogP contribution in [0.1, 0.15) is 29.3 Å². The molecule has 0 saturated heterocycles. The summed E-state index contributed by atoms with van der Waals surface area (Å²) in [5, 5.41) is 1.43. The molecule has 0 saturated carbocycles. The summed E-state index contributed by atoms with van der Waals surface area (Å²) in [6.45, 7) is 1.83. The standard InChI is InChI=1S/C20H18ClNO3/c1-3-16(23)10-14-12-22(19-9-8-17(25-2)11-18(14)19)20(24)13-4-6-15(21)7-5-13/h4-9,11-12H,3,10H2,1-2H3. The number of benzene rings is 2. The predicted molar refractivity (Wildman–Crippen MR) is 98.7 cm³/mol. The van der Waals surface area contributed by atoms with E-state index in [1.54, 1.807) is 48.2 Å². The molecule has 0 fully saturated rings. The number of fused-ring (bicyclic) bond motifs is 1. The van der Waals surface area contributed by atoms with E-state index in [4.69, 9.17) is 16.3 Å². The van der Waals surface area contributed by atoms with Crippen LogP contribution in [0.25, 0.3) is 10.9 Å². The molecule has 0 aliphatic carbocycles. The molecule has 4 nitrogen and oxygen atoms in total. The lowest BCUT2D eigenvalue weighted by atomic mass is 10.1. The van der Waals surface area contributed by atoms with Crippen molar-refractivity contribution in [3.8, 4) is 5.75 Å². The van der Waals surface area contributed by atoms with E-state index in [-0.39, 0.29) is 11.7 Å². The van der Waals surface area contributed by atoms with Gasteiger partial charge in [0, 0.05) is 35.0 Å². The summed E-state index contributed by atoms with van der Waals surface area (Å²) in [6.07, 6.45) is 2.50. The lowest BCUT2D eigenvalue weighted by molar-refractivity contribution is -0.118. The molecule has 0 radical (unpaired) electrons. The summed E-state index contributed by atoms with van der Waals surface area (Å²) in [6, 6.07) is 12.3. The number of nitrogens with zero attached hydrogens (tertiary/aromatic N) is 1. The molecule has 3 aromatic rings. The minimum atomic E-state index is -0.165. The summed E-state index contributed by atoms with van der Waals surface area (Å²) in [5.41, 5.74) is 2.10. The van der Waals surface area contributed by atoms with Crippen molar-refractivity contribution in [2.45, 2.75) is 19.8 Å². The van der Waals surface area contributed by atoms with E-state index in [0.29, 0.717) is 29.2 Å². The summed E-state index contributed by atoms with van der Waals surface area (Å²) in [7, 11) is 1.59. The van der Waals surface area contributed by atoms with Crippen LogP contribution in [0.2, 0.25) is 5.02 Å². The van der Waals surface area contributed by atoms with Crippen LogP contribution in [-0.2, 0) is 11.2 Å². The van der Waals surface area contributed by atoms with E-state index in [9.17, 15) is 9.59 Å². The molecule has 0 N–H and O–H groups in total. The van der Waals surface area contributed by atoms with Gasteiger partial charge in [0.05, 0.1) is 12.6 Å². The quantitative estimate of drug-likeness (QED) is 0.676. The Labute approximate surface area is 151 Å². The van der Waals surface area contributed by atoms with Crippen molar-refractivity contribution in [2.24, 2.45) is 0 Å². The second kappa shape index (κ2) is 7.11. The molecule has 0 spiro atoms. The number of aromatic nitrogens is 1. The Bertz CT molecular complexity index is 941. The molecule has 0 bridgehead atoms. The number of ketones is 1. The Balaban J connectivity index is 2.12. The fraction of sp³-hybridized carbons (Fsp3) is 0.200. The summed E-state index contributed by atoms with van der Waals surface area (Å²) >= 11 is 5.90. The highest BCUT2D eigenvalue weighted by Crippen LogP contribution is 2.27. The van der Waals surface area contributed by atoms with Crippen LogP contribution in [-0.4, -0.2) is 23.4 Å². The monoisotopic (exact) mass is 355 g/mol. The second-order valence-corrected chi connectivity index (χ2v) is 6.22. The van der Waals surface area contributed by atoms with Crippen LogP contribution in [0, 0.1) is 0 Å². The lowest BCUT2D eigenvalue weighted by Crippen LogP contribution is -2.10. The molecule has 1 heterocycles. The molecule has 1 aromatic heterocycles. The van der Waals surface area contributed by atoms with Crippen LogP contribution in [0.3, 0.4) is 0 Å². The molecule has 5 heteroatoms. The van der Waals surface area contributed by atoms with Crippen molar-refractivity contribution in [1.82, 2.24) is 4.57 Å². The number of hydrogen-bond acceptors (Lipinski definition) is 3. The number of carbonyl (C=O) groups excluding carboxylic acids is 2. The number of methoxy groups -OCH3 is 1. The first-order chi connectivity index (χ1) is 12.0. The van der Waals surface area contributed by atoms with Crippen molar-refractivity contribution < 1.29 is 14.3 Å². The first-order valence-corrected chi connectivity index (χ1v) is 8.41. The molecule has 0 amide bonds. The maximum absolute atomic E-state index is 12.9. The SMILES string of the molecule is CCC(=O)Cc1cn(C(=O)c2ccc(Cl)cc2)c2ccc(OC)cc12. The van der Waals surface area contributed by atoms with Crippen LogP contribution >= 0.6 is 11.6 Å². The average molecular weight is 356 g/mol. The maximum atomic E-state index is 12.9. The highest BCUT2D eigenvalue weighted by atomic mass is 35.5. The van der Waals surface area contributed by atoms with E-state index < -0.39 is 0 Å². The van der Waals surface area contributed by atoms with E-state index in [0.717, 1.165) is 16.5 Å². The minimum Gasteiger partial charge on any atom is -0.497 e. The van der Waals surface area contributed by atoms with Crippen LogP contribution in [0.5, 0.6) is 5.75 Å². The van der Waals surface area contributed by atoms with Gasteiger partial charge in [0.15, 0.2) is 0 Å². The van der Waals surface area contributed by atoms with Crippen LogP contribution in [0.4, 0.5) is 0 Å². The van der Waals surface area contributed by atoms with Crippen molar-refractivity contribution >= 4 is 34.2 Å². The van der Waals surface area contributed by atoms with E-state index in [2.05, 4.69) is 0 Å². The third-order valence-corrected chi connectivity index (χ3v) is 4.44. The molecule has 25 heavy (non-hydrogen) atoms. The molecule has 2 aromatic carbocycles. The molecule has 0 aliphatic rings. The molecule has 3 rings (SSSR count). The molecular formula is C20H18ClNO3. The Morgan fingerprint density at radius 3 is 2.48 bits per heavy atom. The predicted octanol–water partition coefficient (Wildman–Crippen LogP) is 4.51. The zero-order valence-electron chi connectivity index (χ0n) is 14.1. The van der Waals surface area contributed by atoms with Gasteiger partial charge in [-0.2, -0.15) is 0 Å². The Hall–Kier alpha value is -2.59. The van der Waals surface area contributed by atoms with Gasteiger partial charge in [0.25, 0.3) is 5.91 Å². The average Bonchev–Trinajstić information content (AvgIpc) is 2.99. The fourth-order valence-electron chi connectivity index (χ4n) is 2.78. The normalized spacial score (nSPS) is 10.8. The molecule has 128 valence electrons. The molecular weight excluding hydrogens is 338 g/mol. The minimum absolute atomic E-state index is 0.126. The Kier molecular flexibility index (Phi) is 4.91. The van der Waals surface area contributed by atoms with Crippen LogP contribution in [0.15, 0.2) is 48.7 Å². The second-order valence-electron chi connectivity index (χ2n) is 5.79. The molecule has 0 aliphatic heterocycles. The number of halogens is 1. The first-order valence-electron chi connectivity index (χ1n) is 8.03. The van der Waals surface area contributed by atoms with Gasteiger partial charge in [-0.15, -0.1) is 0 Å². The first kappa shape index (κ1) is 17.2. The van der Waals surface area contributed by atoms with Gasteiger partial charge in [-0.05, 0) is 48.0 Å². The highest BCUT2D eigenvalue weighted by molar-refractivity contribution is 6.30. The third-order valence-electron chi connectivity index (χ3n) is 4.19. The van der Waals surface area contributed by atoms with E-state index >= 15 is 0 Å².